The number of allylic oxidation sites excluding steroid dienone is 1. The van der Waals surface area contributed by atoms with Crippen molar-refractivity contribution < 1.29 is 0 Å². The van der Waals surface area contributed by atoms with Gasteiger partial charge in [-0.1, -0.05) is 19.9 Å². The van der Waals surface area contributed by atoms with Crippen molar-refractivity contribution in [1.82, 2.24) is 9.78 Å². The number of aryl methyl sites for hydroxylation is 1. The first-order chi connectivity index (χ1) is 6.13. The van der Waals surface area contributed by atoms with Gasteiger partial charge in [-0.3, -0.25) is 0 Å². The lowest BCUT2D eigenvalue weighted by atomic mass is 10.1. The lowest BCUT2D eigenvalue weighted by molar-refractivity contribution is 0.630. The Bertz CT molecular complexity index is 295. The van der Waals surface area contributed by atoms with Crippen molar-refractivity contribution in [2.75, 3.05) is 0 Å². The first-order valence-electron chi connectivity index (χ1n) is 4.81. The van der Waals surface area contributed by atoms with Gasteiger partial charge in [0.25, 0.3) is 0 Å². The van der Waals surface area contributed by atoms with Gasteiger partial charge in [0.1, 0.15) is 0 Å². The second kappa shape index (κ2) is 4.26. The molecule has 1 aromatic heterocycles. The van der Waals surface area contributed by atoms with Gasteiger partial charge < -0.3 is 0 Å². The second-order valence-corrected chi connectivity index (χ2v) is 3.80. The van der Waals surface area contributed by atoms with Crippen LogP contribution >= 0.6 is 0 Å². The Labute approximate surface area is 80.3 Å². The van der Waals surface area contributed by atoms with Crippen LogP contribution in [0.2, 0.25) is 0 Å². The zero-order chi connectivity index (χ0) is 9.84. The Morgan fingerprint density at radius 2 is 2.23 bits per heavy atom. The van der Waals surface area contributed by atoms with Crippen LogP contribution in [0.15, 0.2) is 12.1 Å². The third-order valence-electron chi connectivity index (χ3n) is 1.88. The predicted molar refractivity (Wildman–Crippen MR) is 56.5 cm³/mol. The van der Waals surface area contributed by atoms with E-state index in [9.17, 15) is 0 Å². The monoisotopic (exact) mass is 178 g/mol. The van der Waals surface area contributed by atoms with Crippen LogP contribution < -0.4 is 0 Å². The molecule has 0 atom stereocenters. The summed E-state index contributed by atoms with van der Waals surface area (Å²) < 4.78 is 1.93. The van der Waals surface area contributed by atoms with Crippen molar-refractivity contribution in [1.29, 1.82) is 0 Å². The fourth-order valence-corrected chi connectivity index (χ4v) is 1.36. The maximum Gasteiger partial charge on any atom is 0.0634 e. The summed E-state index contributed by atoms with van der Waals surface area (Å²) in [6.45, 7) is 8.51. The lowest BCUT2D eigenvalue weighted by Gasteiger charge is -1.98. The second-order valence-electron chi connectivity index (χ2n) is 3.80. The molecule has 0 spiro atoms. The summed E-state index contributed by atoms with van der Waals surface area (Å²) in [7, 11) is 0. The topological polar surface area (TPSA) is 17.8 Å². The normalized spacial score (nSPS) is 11.8. The number of rotatable bonds is 3. The number of aromatic nitrogens is 2. The Morgan fingerprint density at radius 1 is 1.54 bits per heavy atom. The van der Waals surface area contributed by atoms with Crippen LogP contribution in [0.1, 0.15) is 32.2 Å². The van der Waals surface area contributed by atoms with Crippen LogP contribution in [0.4, 0.5) is 0 Å². The Morgan fingerprint density at radius 3 is 2.77 bits per heavy atom. The molecule has 0 fully saturated rings. The average Bonchev–Trinajstić information content (AvgIpc) is 2.31. The molecule has 0 saturated heterocycles. The maximum absolute atomic E-state index is 4.47. The Balaban J connectivity index is 2.82. The summed E-state index contributed by atoms with van der Waals surface area (Å²) in [5.41, 5.74) is 2.39. The molecule has 1 rings (SSSR count). The molecular weight excluding hydrogens is 160 g/mol. The van der Waals surface area contributed by atoms with E-state index in [-0.39, 0.29) is 0 Å². The first kappa shape index (κ1) is 10.0. The number of hydrogen-bond donors (Lipinski definition) is 0. The van der Waals surface area contributed by atoms with Crippen molar-refractivity contribution in [3.63, 3.8) is 0 Å². The van der Waals surface area contributed by atoms with Gasteiger partial charge in [0, 0.05) is 11.9 Å². The zero-order valence-corrected chi connectivity index (χ0v) is 8.91. The van der Waals surface area contributed by atoms with Crippen molar-refractivity contribution in [3.8, 4) is 0 Å². The lowest BCUT2D eigenvalue weighted by Crippen LogP contribution is -1.96. The van der Waals surface area contributed by atoms with E-state index in [4.69, 9.17) is 0 Å². The summed E-state index contributed by atoms with van der Waals surface area (Å²) >= 11 is 0. The summed E-state index contributed by atoms with van der Waals surface area (Å²) in [5, 5.41) is 4.47. The van der Waals surface area contributed by atoms with Gasteiger partial charge in [0.05, 0.1) is 5.69 Å². The van der Waals surface area contributed by atoms with E-state index in [0.29, 0.717) is 5.92 Å². The fourth-order valence-electron chi connectivity index (χ4n) is 1.36. The minimum Gasteiger partial charge on any atom is -0.245 e. The molecule has 1 heterocycles. The summed E-state index contributed by atoms with van der Waals surface area (Å²) in [4.78, 5) is 0. The molecule has 13 heavy (non-hydrogen) atoms. The van der Waals surface area contributed by atoms with Crippen LogP contribution in [0.3, 0.4) is 0 Å². The van der Waals surface area contributed by atoms with Crippen LogP contribution in [0.5, 0.6) is 0 Å². The van der Waals surface area contributed by atoms with E-state index in [0.717, 1.165) is 6.42 Å². The quantitative estimate of drug-likeness (QED) is 0.696. The van der Waals surface area contributed by atoms with Crippen LogP contribution in [0, 0.1) is 12.8 Å². The van der Waals surface area contributed by atoms with E-state index < -0.39 is 0 Å². The van der Waals surface area contributed by atoms with Crippen LogP contribution in [-0.4, -0.2) is 9.78 Å². The van der Waals surface area contributed by atoms with Crippen molar-refractivity contribution in [2.45, 2.75) is 34.1 Å². The third-order valence-corrected chi connectivity index (χ3v) is 1.88. The fraction of sp³-hybridized carbons (Fsp3) is 0.545. The van der Waals surface area contributed by atoms with Crippen LogP contribution in [0.25, 0.3) is 6.20 Å². The molecule has 0 aliphatic rings. The highest BCUT2D eigenvalue weighted by Gasteiger charge is 2.03. The Kier molecular flexibility index (Phi) is 3.29. The summed E-state index contributed by atoms with van der Waals surface area (Å²) in [5.74, 6) is 0.674. The number of nitrogens with zero attached hydrogens (tertiary/aromatic N) is 2. The summed E-state index contributed by atoms with van der Waals surface area (Å²) in [6.07, 6.45) is 5.05. The molecule has 0 radical (unpaired) electrons. The highest BCUT2D eigenvalue weighted by atomic mass is 15.3. The molecule has 0 amide bonds. The van der Waals surface area contributed by atoms with Crippen LogP contribution in [-0.2, 0) is 6.42 Å². The smallest absolute Gasteiger partial charge is 0.0634 e. The number of hydrogen-bond acceptors (Lipinski definition) is 1. The van der Waals surface area contributed by atoms with Gasteiger partial charge in [0.2, 0.25) is 0 Å². The molecule has 0 unspecified atom stereocenters. The first-order valence-corrected chi connectivity index (χ1v) is 4.81. The van der Waals surface area contributed by atoms with E-state index >= 15 is 0 Å². The average molecular weight is 178 g/mol. The van der Waals surface area contributed by atoms with Crippen molar-refractivity contribution in [2.24, 2.45) is 5.92 Å². The summed E-state index contributed by atoms with van der Waals surface area (Å²) in [6, 6.07) is 2.15. The molecule has 2 nitrogen and oxygen atoms in total. The molecule has 0 N–H and O–H groups in total. The highest BCUT2D eigenvalue weighted by Crippen LogP contribution is 2.08. The molecular formula is C11H18N2. The zero-order valence-electron chi connectivity index (χ0n) is 8.91. The van der Waals surface area contributed by atoms with E-state index in [1.807, 2.05) is 23.9 Å². The van der Waals surface area contributed by atoms with Gasteiger partial charge in [-0.2, -0.15) is 5.10 Å². The van der Waals surface area contributed by atoms with Gasteiger partial charge in [0.15, 0.2) is 0 Å². The molecule has 0 aliphatic heterocycles. The van der Waals surface area contributed by atoms with Gasteiger partial charge >= 0.3 is 0 Å². The molecule has 2 heteroatoms. The molecule has 0 bridgehead atoms. The molecule has 0 aliphatic carbocycles. The van der Waals surface area contributed by atoms with Gasteiger partial charge in [-0.15, -0.1) is 0 Å². The SMILES string of the molecule is C/C=C\n1nc(CC(C)C)cc1C. The minimum atomic E-state index is 0.674. The van der Waals surface area contributed by atoms with Crippen molar-refractivity contribution >= 4 is 6.20 Å². The van der Waals surface area contributed by atoms with Crippen molar-refractivity contribution in [3.05, 3.63) is 23.5 Å². The van der Waals surface area contributed by atoms with Gasteiger partial charge in [-0.25, -0.2) is 4.68 Å². The van der Waals surface area contributed by atoms with E-state index in [1.54, 1.807) is 0 Å². The maximum atomic E-state index is 4.47. The van der Waals surface area contributed by atoms with E-state index in [2.05, 4.69) is 31.9 Å². The molecule has 0 saturated carbocycles. The predicted octanol–water partition coefficient (Wildman–Crippen LogP) is 2.88. The molecule has 0 aromatic carbocycles. The van der Waals surface area contributed by atoms with Gasteiger partial charge in [-0.05, 0) is 32.3 Å². The molecule has 1 aromatic rings. The van der Waals surface area contributed by atoms with E-state index in [1.165, 1.54) is 11.4 Å². The minimum absolute atomic E-state index is 0.674. The standard InChI is InChI=1S/C11H18N2/c1-5-6-13-10(4)8-11(12-13)7-9(2)3/h5-6,8-9H,7H2,1-4H3/b6-5-. The highest BCUT2D eigenvalue weighted by molar-refractivity contribution is 5.25. The largest absolute Gasteiger partial charge is 0.245 e. The third kappa shape index (κ3) is 2.72. The molecule has 72 valence electrons. The Hall–Kier alpha value is -1.05.